The van der Waals surface area contributed by atoms with Crippen LogP contribution in [0, 0.1) is 5.41 Å². The summed E-state index contributed by atoms with van der Waals surface area (Å²) in [5.74, 6) is 0.154. The topological polar surface area (TPSA) is 41.1 Å². The van der Waals surface area contributed by atoms with Gasteiger partial charge in [-0.2, -0.15) is 0 Å². The molecule has 3 heteroatoms. The summed E-state index contributed by atoms with van der Waals surface area (Å²) in [6, 6.07) is 10.00. The fraction of sp³-hybridized carbons (Fsp3) is 0.462. The second-order valence-electron chi connectivity index (χ2n) is 4.66. The van der Waals surface area contributed by atoms with Gasteiger partial charge in [-0.1, -0.05) is 30.3 Å². The average Bonchev–Trinajstić information content (AvgIpc) is 2.76. The Morgan fingerprint density at radius 1 is 1.44 bits per heavy atom. The summed E-state index contributed by atoms with van der Waals surface area (Å²) in [6.45, 7) is 4.37. The molecule has 1 aliphatic heterocycles. The minimum Gasteiger partial charge on any atom is -0.352 e. The Morgan fingerprint density at radius 2 is 2.19 bits per heavy atom. The number of carbonyl (C=O) groups excluding carboxylic acids is 1. The molecule has 1 fully saturated rings. The van der Waals surface area contributed by atoms with Crippen LogP contribution in [0.3, 0.4) is 0 Å². The molecule has 0 spiro atoms. The molecule has 0 saturated carbocycles. The lowest BCUT2D eigenvalue weighted by Crippen LogP contribution is -2.39. The molecule has 1 aromatic carbocycles. The fourth-order valence-corrected chi connectivity index (χ4v) is 2.00. The third kappa shape index (κ3) is 2.42. The first-order valence-corrected chi connectivity index (χ1v) is 5.74. The van der Waals surface area contributed by atoms with E-state index in [4.69, 9.17) is 0 Å². The predicted molar refractivity (Wildman–Crippen MR) is 63.9 cm³/mol. The normalized spacial score (nSPS) is 24.3. The largest absolute Gasteiger partial charge is 0.352 e. The lowest BCUT2D eigenvalue weighted by Gasteiger charge is -2.21. The van der Waals surface area contributed by atoms with E-state index in [1.54, 1.807) is 0 Å². The van der Waals surface area contributed by atoms with Crippen LogP contribution < -0.4 is 10.6 Å². The third-order valence-corrected chi connectivity index (χ3v) is 3.21. The van der Waals surface area contributed by atoms with Gasteiger partial charge in [0.05, 0.1) is 5.41 Å². The van der Waals surface area contributed by atoms with E-state index in [0.717, 1.165) is 25.1 Å². The van der Waals surface area contributed by atoms with Crippen LogP contribution in [0.4, 0.5) is 0 Å². The highest BCUT2D eigenvalue weighted by Gasteiger charge is 2.35. The maximum atomic E-state index is 12.0. The maximum absolute atomic E-state index is 12.0. The quantitative estimate of drug-likeness (QED) is 0.803. The molecule has 0 radical (unpaired) electrons. The highest BCUT2D eigenvalue weighted by molar-refractivity contribution is 5.82. The summed E-state index contributed by atoms with van der Waals surface area (Å²) in [4.78, 5) is 12.0. The highest BCUT2D eigenvalue weighted by Crippen LogP contribution is 2.24. The number of carbonyl (C=O) groups is 1. The first-order valence-electron chi connectivity index (χ1n) is 5.74. The minimum atomic E-state index is -0.227. The van der Waals surface area contributed by atoms with E-state index in [9.17, 15) is 4.79 Å². The van der Waals surface area contributed by atoms with E-state index < -0.39 is 0 Å². The van der Waals surface area contributed by atoms with Crippen molar-refractivity contribution in [3.05, 3.63) is 35.9 Å². The lowest BCUT2D eigenvalue weighted by molar-refractivity contribution is -0.129. The zero-order chi connectivity index (χ0) is 11.4. The molecule has 1 saturated heterocycles. The molecule has 0 aromatic heterocycles. The average molecular weight is 218 g/mol. The number of benzene rings is 1. The van der Waals surface area contributed by atoms with Gasteiger partial charge in [0.2, 0.25) is 5.91 Å². The van der Waals surface area contributed by atoms with Crippen molar-refractivity contribution in [2.45, 2.75) is 19.9 Å². The van der Waals surface area contributed by atoms with Crippen molar-refractivity contribution in [1.29, 1.82) is 0 Å². The van der Waals surface area contributed by atoms with Gasteiger partial charge < -0.3 is 10.6 Å². The molecule has 1 aromatic rings. The molecular formula is C13H18N2O. The second kappa shape index (κ2) is 4.66. The molecule has 2 rings (SSSR count). The summed E-state index contributed by atoms with van der Waals surface area (Å²) in [7, 11) is 0. The Balaban J connectivity index is 1.89. The van der Waals surface area contributed by atoms with E-state index >= 15 is 0 Å². The van der Waals surface area contributed by atoms with Gasteiger partial charge in [-0.15, -0.1) is 0 Å². The van der Waals surface area contributed by atoms with Crippen LogP contribution in [0.25, 0.3) is 0 Å². The van der Waals surface area contributed by atoms with Crippen molar-refractivity contribution < 1.29 is 4.79 Å². The van der Waals surface area contributed by atoms with Gasteiger partial charge in [0, 0.05) is 13.1 Å². The van der Waals surface area contributed by atoms with E-state index in [0.29, 0.717) is 6.54 Å². The van der Waals surface area contributed by atoms with Gasteiger partial charge in [-0.05, 0) is 25.5 Å². The standard InChI is InChI=1S/C13H18N2O/c1-13(7-8-14-10-13)12(16)15-9-11-5-3-2-4-6-11/h2-6,14H,7-10H2,1H3,(H,15,16). The van der Waals surface area contributed by atoms with Crippen molar-refractivity contribution in [3.8, 4) is 0 Å². The smallest absolute Gasteiger partial charge is 0.227 e. The summed E-state index contributed by atoms with van der Waals surface area (Å²) < 4.78 is 0. The zero-order valence-corrected chi connectivity index (χ0v) is 9.62. The molecule has 0 aliphatic carbocycles. The van der Waals surface area contributed by atoms with E-state index in [-0.39, 0.29) is 11.3 Å². The molecule has 16 heavy (non-hydrogen) atoms. The van der Waals surface area contributed by atoms with Crippen LogP contribution in [0.2, 0.25) is 0 Å². The summed E-state index contributed by atoms with van der Waals surface area (Å²) >= 11 is 0. The van der Waals surface area contributed by atoms with Crippen LogP contribution in [-0.4, -0.2) is 19.0 Å². The van der Waals surface area contributed by atoms with Crippen molar-refractivity contribution in [3.63, 3.8) is 0 Å². The van der Waals surface area contributed by atoms with Gasteiger partial charge in [0.15, 0.2) is 0 Å². The fourth-order valence-electron chi connectivity index (χ4n) is 2.00. The zero-order valence-electron chi connectivity index (χ0n) is 9.62. The molecule has 1 atom stereocenters. The predicted octanol–water partition coefficient (Wildman–Crippen LogP) is 1.30. The second-order valence-corrected chi connectivity index (χ2v) is 4.66. The number of amides is 1. The van der Waals surface area contributed by atoms with Crippen molar-refractivity contribution in [2.75, 3.05) is 13.1 Å². The van der Waals surface area contributed by atoms with E-state index in [2.05, 4.69) is 10.6 Å². The highest BCUT2D eigenvalue weighted by atomic mass is 16.2. The molecule has 1 heterocycles. The molecule has 1 amide bonds. The van der Waals surface area contributed by atoms with Crippen LogP contribution >= 0.6 is 0 Å². The first kappa shape index (κ1) is 11.1. The molecule has 1 aliphatic rings. The molecule has 0 bridgehead atoms. The maximum Gasteiger partial charge on any atom is 0.227 e. The molecular weight excluding hydrogens is 200 g/mol. The van der Waals surface area contributed by atoms with Crippen molar-refractivity contribution in [1.82, 2.24) is 10.6 Å². The first-order chi connectivity index (χ1) is 7.71. The monoisotopic (exact) mass is 218 g/mol. The van der Waals surface area contributed by atoms with E-state index in [1.807, 2.05) is 37.3 Å². The minimum absolute atomic E-state index is 0.154. The summed E-state index contributed by atoms with van der Waals surface area (Å²) in [5, 5.41) is 6.23. The van der Waals surface area contributed by atoms with Crippen LogP contribution in [0.15, 0.2) is 30.3 Å². The van der Waals surface area contributed by atoms with Crippen LogP contribution in [-0.2, 0) is 11.3 Å². The number of nitrogens with one attached hydrogen (secondary N) is 2. The number of hydrogen-bond acceptors (Lipinski definition) is 2. The van der Waals surface area contributed by atoms with E-state index in [1.165, 1.54) is 0 Å². The lowest BCUT2D eigenvalue weighted by atomic mass is 9.89. The Bertz CT molecular complexity index is 355. The van der Waals surface area contributed by atoms with Gasteiger partial charge in [0.1, 0.15) is 0 Å². The van der Waals surface area contributed by atoms with Gasteiger partial charge in [-0.25, -0.2) is 0 Å². The third-order valence-electron chi connectivity index (χ3n) is 3.21. The molecule has 86 valence electrons. The number of rotatable bonds is 3. The SMILES string of the molecule is CC1(C(=O)NCc2ccccc2)CCNC1. The van der Waals surface area contributed by atoms with Crippen molar-refractivity contribution >= 4 is 5.91 Å². The Hall–Kier alpha value is -1.35. The molecule has 1 unspecified atom stereocenters. The summed E-state index contributed by atoms with van der Waals surface area (Å²) in [5.41, 5.74) is 0.916. The summed E-state index contributed by atoms with van der Waals surface area (Å²) in [6.07, 6.45) is 0.924. The molecule has 2 N–H and O–H groups in total. The van der Waals surface area contributed by atoms with Gasteiger partial charge in [0.25, 0.3) is 0 Å². The Labute approximate surface area is 96.2 Å². The van der Waals surface area contributed by atoms with Crippen molar-refractivity contribution in [2.24, 2.45) is 5.41 Å². The van der Waals surface area contributed by atoms with Crippen LogP contribution in [0.1, 0.15) is 18.9 Å². The van der Waals surface area contributed by atoms with Gasteiger partial charge in [-0.3, -0.25) is 4.79 Å². The Morgan fingerprint density at radius 3 is 2.81 bits per heavy atom. The van der Waals surface area contributed by atoms with Gasteiger partial charge >= 0.3 is 0 Å². The molecule has 3 nitrogen and oxygen atoms in total. The van der Waals surface area contributed by atoms with Crippen LogP contribution in [0.5, 0.6) is 0 Å². The Kier molecular flexibility index (Phi) is 3.25. The number of hydrogen-bond donors (Lipinski definition) is 2.